The number of aliphatic carboxylic acids is 1. The average molecular weight is 295 g/mol. The number of carbonyl (C=O) groups excluding carboxylic acids is 1. The van der Waals surface area contributed by atoms with E-state index in [-0.39, 0.29) is 5.91 Å². The fraction of sp³-hybridized carbons (Fsp3) is 0.429. The molecule has 6 heteroatoms. The summed E-state index contributed by atoms with van der Waals surface area (Å²) in [6.07, 6.45) is 0.455. The van der Waals surface area contributed by atoms with Crippen LogP contribution in [0.5, 0.6) is 0 Å². The number of carboxylic acids is 1. The Kier molecular flexibility index (Phi) is 4.67. The van der Waals surface area contributed by atoms with Gasteiger partial charge in [0.25, 0.3) is 5.91 Å². The topological polar surface area (TPSA) is 75.6 Å². The number of carbonyl (C=O) groups is 2. The molecule has 5 nitrogen and oxygen atoms in total. The summed E-state index contributed by atoms with van der Waals surface area (Å²) in [5.41, 5.74) is 0.196. The predicted octanol–water partition coefficient (Wildman–Crippen LogP) is 1.52. The summed E-state index contributed by atoms with van der Waals surface area (Å²) in [4.78, 5) is 23.7. The number of ether oxygens (including phenoxy) is 1. The molecule has 1 atom stereocenters. The van der Waals surface area contributed by atoms with Crippen molar-refractivity contribution < 1.29 is 19.4 Å². The van der Waals surface area contributed by atoms with Crippen molar-refractivity contribution in [3.05, 3.63) is 35.4 Å². The van der Waals surface area contributed by atoms with Crippen LogP contribution in [0, 0.1) is 0 Å². The molecule has 0 unspecified atom stereocenters. The van der Waals surface area contributed by atoms with Crippen LogP contribution in [0.1, 0.15) is 22.3 Å². The van der Waals surface area contributed by atoms with E-state index < -0.39 is 11.5 Å². The molecule has 108 valence electrons. The van der Waals surface area contributed by atoms with Crippen molar-refractivity contribution in [1.29, 1.82) is 0 Å². The van der Waals surface area contributed by atoms with Gasteiger partial charge >= 0.3 is 5.97 Å². The highest BCUT2D eigenvalue weighted by Crippen LogP contribution is 2.28. The number of methoxy groups -OCH3 is 1. The largest absolute Gasteiger partial charge is 0.479 e. The van der Waals surface area contributed by atoms with E-state index in [1.54, 1.807) is 37.1 Å². The first-order valence-electron chi connectivity index (χ1n) is 6.29. The number of hydrogen-bond donors (Lipinski definition) is 2. The van der Waals surface area contributed by atoms with Gasteiger partial charge in [-0.1, -0.05) is 12.1 Å². The molecule has 0 bridgehead atoms. The summed E-state index contributed by atoms with van der Waals surface area (Å²) in [5.74, 6) is -0.168. The zero-order valence-electron chi connectivity index (χ0n) is 11.2. The third-order valence-corrected chi connectivity index (χ3v) is 4.47. The summed E-state index contributed by atoms with van der Waals surface area (Å²) < 4.78 is 5.02. The average Bonchev–Trinajstić information content (AvgIpc) is 2.89. The summed E-state index contributed by atoms with van der Waals surface area (Å²) in [7, 11) is 1.59. The van der Waals surface area contributed by atoms with Crippen LogP contribution >= 0.6 is 11.8 Å². The molecule has 1 saturated heterocycles. The molecule has 1 aromatic rings. The molecule has 1 aliphatic heterocycles. The van der Waals surface area contributed by atoms with Gasteiger partial charge in [0, 0.05) is 18.4 Å². The van der Waals surface area contributed by atoms with E-state index in [4.69, 9.17) is 4.74 Å². The Labute approximate surface area is 121 Å². The van der Waals surface area contributed by atoms with Crippen molar-refractivity contribution in [3.8, 4) is 0 Å². The fourth-order valence-electron chi connectivity index (χ4n) is 2.14. The standard InChI is InChI=1S/C14H17NO4S/c1-19-8-10-3-2-4-11(7-10)12(16)15-14(13(17)18)5-6-20-9-14/h2-4,7H,5-6,8-9H2,1H3,(H,15,16)(H,17,18)/t14-/m0/s1. The van der Waals surface area contributed by atoms with E-state index in [9.17, 15) is 14.7 Å². The maximum absolute atomic E-state index is 12.2. The van der Waals surface area contributed by atoms with Crippen LogP contribution in [0.3, 0.4) is 0 Å². The minimum absolute atomic E-state index is 0.354. The van der Waals surface area contributed by atoms with Gasteiger partial charge in [-0.05, 0) is 29.9 Å². The molecule has 2 rings (SSSR count). The lowest BCUT2D eigenvalue weighted by molar-refractivity contribution is -0.143. The third kappa shape index (κ3) is 3.13. The van der Waals surface area contributed by atoms with Gasteiger partial charge in [-0.2, -0.15) is 11.8 Å². The number of thioether (sulfide) groups is 1. The molecule has 1 aromatic carbocycles. The Bertz CT molecular complexity index is 512. The highest BCUT2D eigenvalue weighted by molar-refractivity contribution is 7.99. The summed E-state index contributed by atoms with van der Waals surface area (Å²) in [6, 6.07) is 7.02. The Morgan fingerprint density at radius 2 is 2.30 bits per heavy atom. The molecule has 1 amide bonds. The summed E-state index contributed by atoms with van der Waals surface area (Å²) in [5, 5.41) is 12.0. The number of nitrogens with one attached hydrogen (secondary N) is 1. The van der Waals surface area contributed by atoms with Crippen LogP contribution in [0.25, 0.3) is 0 Å². The van der Waals surface area contributed by atoms with Gasteiger partial charge in [0.05, 0.1) is 6.61 Å². The normalized spacial score (nSPS) is 21.6. The molecule has 0 saturated carbocycles. The van der Waals surface area contributed by atoms with Gasteiger partial charge in [0.15, 0.2) is 0 Å². The summed E-state index contributed by atoms with van der Waals surface area (Å²) >= 11 is 1.54. The first-order chi connectivity index (χ1) is 9.57. The van der Waals surface area contributed by atoms with Crippen LogP contribution < -0.4 is 5.32 Å². The highest BCUT2D eigenvalue weighted by atomic mass is 32.2. The lowest BCUT2D eigenvalue weighted by Gasteiger charge is -2.24. The van der Waals surface area contributed by atoms with Crippen molar-refractivity contribution in [3.63, 3.8) is 0 Å². The lowest BCUT2D eigenvalue weighted by Crippen LogP contribution is -2.54. The molecule has 20 heavy (non-hydrogen) atoms. The van der Waals surface area contributed by atoms with Gasteiger partial charge in [0.1, 0.15) is 5.54 Å². The van der Waals surface area contributed by atoms with Crippen LogP contribution in [-0.4, -0.2) is 41.1 Å². The number of benzene rings is 1. The maximum atomic E-state index is 12.2. The third-order valence-electron chi connectivity index (χ3n) is 3.28. The van der Waals surface area contributed by atoms with Crippen molar-refractivity contribution in [2.75, 3.05) is 18.6 Å². The predicted molar refractivity (Wildman–Crippen MR) is 76.9 cm³/mol. The van der Waals surface area contributed by atoms with E-state index in [0.29, 0.717) is 24.3 Å². The first kappa shape index (κ1) is 14.9. The number of carboxylic acid groups (broad SMARTS) is 1. The van der Waals surface area contributed by atoms with Crippen LogP contribution in [-0.2, 0) is 16.1 Å². The molecule has 2 N–H and O–H groups in total. The van der Waals surface area contributed by atoms with Crippen molar-refractivity contribution >= 4 is 23.6 Å². The smallest absolute Gasteiger partial charge is 0.330 e. The van der Waals surface area contributed by atoms with E-state index in [0.717, 1.165) is 11.3 Å². The number of hydrogen-bond acceptors (Lipinski definition) is 4. The molecular formula is C14H17NO4S. The zero-order chi connectivity index (χ0) is 14.6. The second kappa shape index (κ2) is 6.28. The van der Waals surface area contributed by atoms with E-state index in [1.807, 2.05) is 6.07 Å². The van der Waals surface area contributed by atoms with E-state index in [1.165, 1.54) is 0 Å². The highest BCUT2D eigenvalue weighted by Gasteiger charge is 2.43. The molecule has 1 fully saturated rings. The monoisotopic (exact) mass is 295 g/mol. The number of amides is 1. The molecule has 1 aliphatic rings. The van der Waals surface area contributed by atoms with Crippen LogP contribution in [0.15, 0.2) is 24.3 Å². The minimum atomic E-state index is -1.14. The van der Waals surface area contributed by atoms with E-state index >= 15 is 0 Å². The first-order valence-corrected chi connectivity index (χ1v) is 7.44. The maximum Gasteiger partial charge on any atom is 0.330 e. The van der Waals surface area contributed by atoms with Gasteiger partial charge in [-0.3, -0.25) is 4.79 Å². The Balaban J connectivity index is 2.15. The molecular weight excluding hydrogens is 278 g/mol. The Morgan fingerprint density at radius 3 is 2.90 bits per heavy atom. The molecule has 1 heterocycles. The molecule has 0 radical (unpaired) electrons. The quantitative estimate of drug-likeness (QED) is 0.861. The molecule has 0 aliphatic carbocycles. The SMILES string of the molecule is COCc1cccc(C(=O)N[C@@]2(C(=O)O)CCSC2)c1. The number of rotatable bonds is 5. The van der Waals surface area contributed by atoms with Crippen LogP contribution in [0.2, 0.25) is 0 Å². The fourth-order valence-corrected chi connectivity index (χ4v) is 3.47. The summed E-state index contributed by atoms with van der Waals surface area (Å²) in [6.45, 7) is 0.418. The Morgan fingerprint density at radius 1 is 1.50 bits per heavy atom. The molecule has 0 spiro atoms. The van der Waals surface area contributed by atoms with Gasteiger partial charge in [-0.25, -0.2) is 4.79 Å². The van der Waals surface area contributed by atoms with Gasteiger partial charge in [0.2, 0.25) is 0 Å². The van der Waals surface area contributed by atoms with Crippen LogP contribution in [0.4, 0.5) is 0 Å². The second-order valence-electron chi connectivity index (χ2n) is 4.78. The zero-order valence-corrected chi connectivity index (χ0v) is 12.0. The van der Waals surface area contributed by atoms with Crippen molar-refractivity contribution in [1.82, 2.24) is 5.32 Å². The lowest BCUT2D eigenvalue weighted by atomic mass is 9.98. The minimum Gasteiger partial charge on any atom is -0.479 e. The second-order valence-corrected chi connectivity index (χ2v) is 5.88. The molecule has 0 aromatic heterocycles. The Hall–Kier alpha value is -1.53. The van der Waals surface area contributed by atoms with Gasteiger partial charge < -0.3 is 15.2 Å². The van der Waals surface area contributed by atoms with Crippen molar-refractivity contribution in [2.24, 2.45) is 0 Å². The van der Waals surface area contributed by atoms with Gasteiger partial charge in [-0.15, -0.1) is 0 Å². The van der Waals surface area contributed by atoms with Crippen molar-refractivity contribution in [2.45, 2.75) is 18.6 Å². The van der Waals surface area contributed by atoms with E-state index in [2.05, 4.69) is 5.32 Å².